The predicted molar refractivity (Wildman–Crippen MR) is 90.6 cm³/mol. The van der Waals surface area contributed by atoms with Gasteiger partial charge in [0.2, 0.25) is 0 Å². The van der Waals surface area contributed by atoms with Crippen LogP contribution in [0.5, 0.6) is 0 Å². The van der Waals surface area contributed by atoms with Crippen LogP contribution in [-0.4, -0.2) is 37.1 Å². The van der Waals surface area contributed by atoms with Crippen LogP contribution < -0.4 is 10.2 Å². The second-order valence-corrected chi connectivity index (χ2v) is 5.93. The first-order chi connectivity index (χ1) is 12.3. The van der Waals surface area contributed by atoms with Crippen LogP contribution in [0.4, 0.5) is 33.7 Å². The second-order valence-electron chi connectivity index (χ2n) is 5.93. The molecule has 2 aromatic rings. The van der Waals surface area contributed by atoms with Crippen LogP contribution >= 0.6 is 0 Å². The number of rotatable bonds is 2. The second kappa shape index (κ2) is 7.23. The number of carbonyl (C=O) groups is 1. The number of benzene rings is 2. The Labute approximate surface area is 148 Å². The highest BCUT2D eigenvalue weighted by molar-refractivity contribution is 5.89. The minimum atomic E-state index is -4.36. The van der Waals surface area contributed by atoms with Gasteiger partial charge in [0, 0.05) is 31.9 Å². The zero-order valence-corrected chi connectivity index (χ0v) is 13.8. The van der Waals surface area contributed by atoms with E-state index in [4.69, 9.17) is 0 Å². The van der Waals surface area contributed by atoms with Gasteiger partial charge in [0.15, 0.2) is 0 Å². The van der Waals surface area contributed by atoms with Gasteiger partial charge in [0.25, 0.3) is 0 Å². The van der Waals surface area contributed by atoms with E-state index in [1.54, 1.807) is 11.0 Å². The molecule has 3 rings (SSSR count). The van der Waals surface area contributed by atoms with Gasteiger partial charge in [-0.25, -0.2) is 9.18 Å². The molecule has 0 atom stereocenters. The summed E-state index contributed by atoms with van der Waals surface area (Å²) in [4.78, 5) is 15.7. The normalized spacial score (nSPS) is 15.1. The summed E-state index contributed by atoms with van der Waals surface area (Å²) in [5.74, 6) is -0.510. The molecule has 1 heterocycles. The molecule has 2 aromatic carbocycles. The van der Waals surface area contributed by atoms with E-state index in [9.17, 15) is 22.4 Å². The molecule has 4 nitrogen and oxygen atoms in total. The quantitative estimate of drug-likeness (QED) is 0.808. The van der Waals surface area contributed by atoms with E-state index in [2.05, 4.69) is 5.32 Å². The van der Waals surface area contributed by atoms with Crippen molar-refractivity contribution in [3.63, 3.8) is 0 Å². The van der Waals surface area contributed by atoms with E-state index >= 15 is 0 Å². The first-order valence-electron chi connectivity index (χ1n) is 8.07. The van der Waals surface area contributed by atoms with Crippen LogP contribution in [0.25, 0.3) is 0 Å². The van der Waals surface area contributed by atoms with E-state index in [1.807, 2.05) is 4.90 Å². The van der Waals surface area contributed by atoms with Crippen LogP contribution in [0.15, 0.2) is 48.5 Å². The molecular weight excluding hydrogens is 350 g/mol. The third kappa shape index (κ3) is 4.07. The Morgan fingerprint density at radius 1 is 0.923 bits per heavy atom. The Bertz CT molecular complexity index is 769. The number of para-hydroxylation sites is 1. The lowest BCUT2D eigenvalue weighted by Crippen LogP contribution is -2.50. The molecule has 0 aromatic heterocycles. The average Bonchev–Trinajstić information content (AvgIpc) is 2.63. The molecule has 8 heteroatoms. The molecule has 1 aliphatic rings. The van der Waals surface area contributed by atoms with Crippen molar-refractivity contribution < 1.29 is 22.4 Å². The Hall–Kier alpha value is -2.77. The lowest BCUT2D eigenvalue weighted by atomic mass is 10.1. The number of amides is 2. The number of halogens is 4. The first-order valence-corrected chi connectivity index (χ1v) is 8.07. The summed E-state index contributed by atoms with van der Waals surface area (Å²) in [6, 6.07) is 10.5. The number of carbonyl (C=O) groups excluding carboxylic acids is 1. The number of piperazine rings is 1. The fourth-order valence-electron chi connectivity index (χ4n) is 2.79. The largest absolute Gasteiger partial charge is 0.416 e. The Balaban J connectivity index is 1.57. The molecule has 0 spiro atoms. The summed E-state index contributed by atoms with van der Waals surface area (Å²) in [7, 11) is 0. The Morgan fingerprint density at radius 2 is 1.54 bits per heavy atom. The van der Waals surface area contributed by atoms with Gasteiger partial charge >= 0.3 is 12.2 Å². The van der Waals surface area contributed by atoms with Gasteiger partial charge in [-0.2, -0.15) is 13.2 Å². The number of hydrogen-bond donors (Lipinski definition) is 1. The summed E-state index contributed by atoms with van der Waals surface area (Å²) >= 11 is 0. The maximum absolute atomic E-state index is 13.6. The van der Waals surface area contributed by atoms with Crippen molar-refractivity contribution in [2.45, 2.75) is 6.18 Å². The van der Waals surface area contributed by atoms with Crippen LogP contribution in [-0.2, 0) is 6.18 Å². The number of nitrogens with one attached hydrogen (secondary N) is 1. The number of urea groups is 1. The number of anilines is 2. The molecule has 0 unspecified atom stereocenters. The minimum Gasteiger partial charge on any atom is -0.368 e. The molecule has 1 saturated heterocycles. The highest BCUT2D eigenvalue weighted by atomic mass is 19.4. The molecule has 0 aliphatic carbocycles. The standard InChI is InChI=1S/C18H17F4N3O/c19-15-3-1-2-4-16(15)23-17(26)25-11-9-24(10-12-25)14-7-5-13(6-8-14)18(20,21)22/h1-8H,9-12H2,(H,23,26). The number of nitrogens with zero attached hydrogens (tertiary/aromatic N) is 2. The minimum absolute atomic E-state index is 0.114. The fraction of sp³-hybridized carbons (Fsp3) is 0.278. The number of alkyl halides is 3. The maximum atomic E-state index is 13.6. The zero-order valence-electron chi connectivity index (χ0n) is 13.8. The van der Waals surface area contributed by atoms with Crippen molar-refractivity contribution in [3.05, 3.63) is 59.9 Å². The maximum Gasteiger partial charge on any atom is 0.416 e. The molecular formula is C18H17F4N3O. The third-order valence-electron chi connectivity index (χ3n) is 4.24. The summed E-state index contributed by atoms with van der Waals surface area (Å²) in [6.45, 7) is 1.74. The Kier molecular flexibility index (Phi) is 5.01. The first kappa shape index (κ1) is 18.0. The van der Waals surface area contributed by atoms with E-state index < -0.39 is 23.6 Å². The third-order valence-corrected chi connectivity index (χ3v) is 4.24. The Morgan fingerprint density at radius 3 is 2.12 bits per heavy atom. The van der Waals surface area contributed by atoms with E-state index in [0.717, 1.165) is 12.1 Å². The van der Waals surface area contributed by atoms with E-state index in [0.29, 0.717) is 31.9 Å². The molecule has 1 N–H and O–H groups in total. The fourth-order valence-corrected chi connectivity index (χ4v) is 2.79. The van der Waals surface area contributed by atoms with Crippen molar-refractivity contribution in [1.29, 1.82) is 0 Å². The summed E-state index contributed by atoms with van der Waals surface area (Å²) < 4.78 is 51.4. The van der Waals surface area contributed by atoms with Crippen molar-refractivity contribution in [1.82, 2.24) is 4.90 Å². The topological polar surface area (TPSA) is 35.6 Å². The summed E-state index contributed by atoms with van der Waals surface area (Å²) in [6.07, 6.45) is -4.36. The molecule has 26 heavy (non-hydrogen) atoms. The summed E-state index contributed by atoms with van der Waals surface area (Å²) in [5, 5.41) is 2.53. The van der Waals surface area contributed by atoms with Crippen molar-refractivity contribution in [2.24, 2.45) is 0 Å². The molecule has 0 bridgehead atoms. The predicted octanol–water partition coefficient (Wildman–Crippen LogP) is 4.20. The van der Waals surface area contributed by atoms with Crippen molar-refractivity contribution in [3.8, 4) is 0 Å². The van der Waals surface area contributed by atoms with Gasteiger partial charge in [0.05, 0.1) is 11.3 Å². The van der Waals surface area contributed by atoms with Gasteiger partial charge < -0.3 is 15.1 Å². The molecule has 2 amide bonds. The van der Waals surface area contributed by atoms with Gasteiger partial charge in [-0.15, -0.1) is 0 Å². The molecule has 0 radical (unpaired) electrons. The smallest absolute Gasteiger partial charge is 0.368 e. The molecule has 1 fully saturated rings. The van der Waals surface area contributed by atoms with Crippen LogP contribution in [0.2, 0.25) is 0 Å². The highest BCUT2D eigenvalue weighted by Crippen LogP contribution is 2.30. The zero-order chi connectivity index (χ0) is 18.7. The van der Waals surface area contributed by atoms with Gasteiger partial charge in [-0.05, 0) is 36.4 Å². The van der Waals surface area contributed by atoms with Gasteiger partial charge in [-0.3, -0.25) is 0 Å². The van der Waals surface area contributed by atoms with E-state index in [1.165, 1.54) is 30.3 Å². The lowest BCUT2D eigenvalue weighted by Gasteiger charge is -2.36. The molecule has 0 saturated carbocycles. The van der Waals surface area contributed by atoms with Crippen LogP contribution in [0.3, 0.4) is 0 Å². The van der Waals surface area contributed by atoms with Crippen molar-refractivity contribution >= 4 is 17.4 Å². The average molecular weight is 367 g/mol. The van der Waals surface area contributed by atoms with Gasteiger partial charge in [0.1, 0.15) is 5.82 Å². The number of hydrogen-bond acceptors (Lipinski definition) is 2. The highest BCUT2D eigenvalue weighted by Gasteiger charge is 2.30. The van der Waals surface area contributed by atoms with E-state index in [-0.39, 0.29) is 5.69 Å². The lowest BCUT2D eigenvalue weighted by molar-refractivity contribution is -0.137. The monoisotopic (exact) mass is 367 g/mol. The SMILES string of the molecule is O=C(Nc1ccccc1F)N1CCN(c2ccc(C(F)(F)F)cc2)CC1. The van der Waals surface area contributed by atoms with Gasteiger partial charge in [-0.1, -0.05) is 12.1 Å². The molecule has 138 valence electrons. The molecule has 1 aliphatic heterocycles. The van der Waals surface area contributed by atoms with Crippen LogP contribution in [0, 0.1) is 5.82 Å². The summed E-state index contributed by atoms with van der Waals surface area (Å²) in [5.41, 5.74) is 0.0963. The van der Waals surface area contributed by atoms with Crippen LogP contribution in [0.1, 0.15) is 5.56 Å². The van der Waals surface area contributed by atoms with Crippen molar-refractivity contribution in [2.75, 3.05) is 36.4 Å².